The highest BCUT2D eigenvalue weighted by molar-refractivity contribution is 5.96. The molecule has 1 atom stereocenters. The van der Waals surface area contributed by atoms with Crippen molar-refractivity contribution in [3.05, 3.63) is 47.7 Å². The molecule has 0 aliphatic heterocycles. The Morgan fingerprint density at radius 2 is 1.85 bits per heavy atom. The molecule has 7 nitrogen and oxygen atoms in total. The van der Waals surface area contributed by atoms with Crippen molar-refractivity contribution in [1.29, 1.82) is 0 Å². The van der Waals surface area contributed by atoms with Crippen LogP contribution in [0.5, 0.6) is 0 Å². The first-order chi connectivity index (χ1) is 15.4. The number of likely N-dealkylation sites (N-methyl/N-ethyl adjacent to an activating group) is 1. The summed E-state index contributed by atoms with van der Waals surface area (Å²) in [7, 11) is 3.64. The number of rotatable bonds is 9. The van der Waals surface area contributed by atoms with E-state index < -0.39 is 11.4 Å². The number of amides is 2. The molecule has 1 N–H and O–H groups in total. The molecule has 0 aliphatic carbocycles. The number of nitrogens with zero attached hydrogens (tertiary/aromatic N) is 2. The number of aryl methyl sites for hydroxylation is 1. The number of ether oxygens (including phenoxy) is 1. The van der Waals surface area contributed by atoms with Gasteiger partial charge < -0.3 is 19.5 Å². The Balaban J connectivity index is 2.13. The Kier molecular flexibility index (Phi) is 8.47. The monoisotopic (exact) mass is 455 g/mol. The highest BCUT2D eigenvalue weighted by Crippen LogP contribution is 2.31. The van der Waals surface area contributed by atoms with Crippen LogP contribution in [0.1, 0.15) is 47.1 Å². The smallest absolute Gasteiger partial charge is 0.333 e. The third-order valence-electron chi connectivity index (χ3n) is 6.08. The minimum absolute atomic E-state index is 0.0751. The predicted molar refractivity (Wildman–Crippen MR) is 131 cm³/mol. The van der Waals surface area contributed by atoms with Gasteiger partial charge in [0.15, 0.2) is 0 Å². The van der Waals surface area contributed by atoms with Crippen molar-refractivity contribution in [3.63, 3.8) is 0 Å². The molecule has 0 spiro atoms. The molecule has 0 aliphatic rings. The van der Waals surface area contributed by atoms with Gasteiger partial charge in [0, 0.05) is 36.8 Å². The number of aromatic nitrogens is 1. The average molecular weight is 456 g/mol. The van der Waals surface area contributed by atoms with E-state index in [9.17, 15) is 14.4 Å². The third-order valence-corrected chi connectivity index (χ3v) is 6.08. The van der Waals surface area contributed by atoms with E-state index in [2.05, 4.69) is 5.32 Å². The van der Waals surface area contributed by atoms with Crippen LogP contribution < -0.4 is 5.32 Å². The molecule has 0 saturated carbocycles. The molecule has 180 valence electrons. The molecule has 1 aromatic carbocycles. The SMILES string of the molecule is CCOC(=O)/C(C)=C/[C@H](C(C)C)N(C)C(=O)CNC(=O)C(C)(C)c1cn(C)c2ccccc12. The van der Waals surface area contributed by atoms with Crippen molar-refractivity contribution in [2.24, 2.45) is 13.0 Å². The summed E-state index contributed by atoms with van der Waals surface area (Å²) in [6, 6.07) is 7.64. The summed E-state index contributed by atoms with van der Waals surface area (Å²) in [5.74, 6) is -0.774. The maximum absolute atomic E-state index is 13.1. The lowest BCUT2D eigenvalue weighted by atomic mass is 9.83. The van der Waals surface area contributed by atoms with Crippen LogP contribution in [-0.2, 0) is 31.6 Å². The van der Waals surface area contributed by atoms with Crippen molar-refractivity contribution < 1.29 is 19.1 Å². The van der Waals surface area contributed by atoms with Gasteiger partial charge >= 0.3 is 5.97 Å². The number of esters is 1. The largest absolute Gasteiger partial charge is 0.463 e. The normalized spacial score (nSPS) is 13.2. The first-order valence-electron chi connectivity index (χ1n) is 11.4. The highest BCUT2D eigenvalue weighted by Gasteiger charge is 2.33. The summed E-state index contributed by atoms with van der Waals surface area (Å²) in [6.45, 7) is 11.3. The molecular formula is C26H37N3O4. The molecule has 0 fully saturated rings. The number of para-hydroxylation sites is 1. The van der Waals surface area contributed by atoms with Crippen molar-refractivity contribution in [2.75, 3.05) is 20.2 Å². The molecule has 1 heterocycles. The molecule has 33 heavy (non-hydrogen) atoms. The van der Waals surface area contributed by atoms with Crippen molar-refractivity contribution in [3.8, 4) is 0 Å². The van der Waals surface area contributed by atoms with Gasteiger partial charge in [0.1, 0.15) is 0 Å². The standard InChI is InChI=1S/C26H37N3O4/c1-9-33-24(31)18(4)14-22(17(2)3)29(8)23(30)15-27-25(32)26(5,6)20-16-28(7)21-13-11-10-12-19(20)21/h10-14,16-17,22H,9,15H2,1-8H3,(H,27,32)/b18-14+/t22-/m1/s1. The molecular weight excluding hydrogens is 418 g/mol. The van der Waals surface area contributed by atoms with Crippen LogP contribution in [-0.4, -0.2) is 53.5 Å². The summed E-state index contributed by atoms with van der Waals surface area (Å²) < 4.78 is 7.05. The van der Waals surface area contributed by atoms with Gasteiger partial charge in [-0.1, -0.05) is 38.1 Å². The highest BCUT2D eigenvalue weighted by atomic mass is 16.5. The van der Waals surface area contributed by atoms with Crippen LogP contribution in [0.15, 0.2) is 42.1 Å². The van der Waals surface area contributed by atoms with Crippen LogP contribution in [0.25, 0.3) is 10.9 Å². The molecule has 0 bridgehead atoms. The zero-order valence-corrected chi connectivity index (χ0v) is 21.1. The van der Waals surface area contributed by atoms with E-state index in [0.717, 1.165) is 16.5 Å². The second-order valence-corrected chi connectivity index (χ2v) is 9.29. The molecule has 0 unspecified atom stereocenters. The van der Waals surface area contributed by atoms with Gasteiger partial charge in [-0.15, -0.1) is 0 Å². The second-order valence-electron chi connectivity index (χ2n) is 9.29. The number of hydrogen-bond acceptors (Lipinski definition) is 4. The Hall–Kier alpha value is -3.09. The number of fused-ring (bicyclic) bond motifs is 1. The van der Waals surface area contributed by atoms with Gasteiger partial charge in [0.05, 0.1) is 24.6 Å². The fourth-order valence-electron chi connectivity index (χ4n) is 3.95. The van der Waals surface area contributed by atoms with Crippen LogP contribution in [0.3, 0.4) is 0 Å². The van der Waals surface area contributed by atoms with Gasteiger partial charge in [-0.05, 0) is 45.2 Å². The van der Waals surface area contributed by atoms with Crippen molar-refractivity contribution in [2.45, 2.75) is 53.0 Å². The predicted octanol–water partition coefficient (Wildman–Crippen LogP) is 3.56. The Morgan fingerprint density at radius 1 is 1.21 bits per heavy atom. The van der Waals surface area contributed by atoms with E-state index in [4.69, 9.17) is 4.74 Å². The number of carbonyl (C=O) groups is 3. The van der Waals surface area contributed by atoms with Crippen LogP contribution in [0, 0.1) is 5.92 Å². The first kappa shape index (κ1) is 26.2. The number of carbonyl (C=O) groups excluding carboxylic acids is 3. The van der Waals surface area contributed by atoms with Gasteiger partial charge in [-0.25, -0.2) is 4.79 Å². The molecule has 1 aromatic heterocycles. The van der Waals surface area contributed by atoms with Gasteiger partial charge in [0.25, 0.3) is 0 Å². The number of hydrogen-bond donors (Lipinski definition) is 1. The topological polar surface area (TPSA) is 80.6 Å². The Morgan fingerprint density at radius 3 is 2.45 bits per heavy atom. The lowest BCUT2D eigenvalue weighted by Gasteiger charge is -2.30. The zero-order valence-electron chi connectivity index (χ0n) is 21.1. The Bertz CT molecular complexity index is 1050. The minimum Gasteiger partial charge on any atom is -0.463 e. The number of benzene rings is 1. The molecule has 2 amide bonds. The summed E-state index contributed by atoms with van der Waals surface area (Å²) in [5.41, 5.74) is 1.59. The molecule has 2 aromatic rings. The average Bonchev–Trinajstić information content (AvgIpc) is 3.12. The minimum atomic E-state index is -0.822. The van der Waals surface area contributed by atoms with E-state index in [1.165, 1.54) is 0 Å². The molecule has 0 saturated heterocycles. The fraction of sp³-hybridized carbons (Fsp3) is 0.500. The molecule has 7 heteroatoms. The van der Waals surface area contributed by atoms with Gasteiger partial charge in [-0.2, -0.15) is 0 Å². The van der Waals surface area contributed by atoms with Crippen LogP contribution in [0.4, 0.5) is 0 Å². The van der Waals surface area contributed by atoms with E-state index in [1.807, 2.05) is 69.8 Å². The second kappa shape index (κ2) is 10.7. The van der Waals surface area contributed by atoms with E-state index in [1.54, 1.807) is 31.9 Å². The third kappa shape index (κ3) is 5.83. The van der Waals surface area contributed by atoms with E-state index in [0.29, 0.717) is 12.2 Å². The maximum atomic E-state index is 13.1. The summed E-state index contributed by atoms with van der Waals surface area (Å²) in [6.07, 6.45) is 3.72. The Labute approximate surface area is 196 Å². The number of nitrogens with one attached hydrogen (secondary N) is 1. The zero-order chi connectivity index (χ0) is 24.9. The first-order valence-corrected chi connectivity index (χ1v) is 11.4. The van der Waals surface area contributed by atoms with Gasteiger partial charge in [-0.3, -0.25) is 9.59 Å². The maximum Gasteiger partial charge on any atom is 0.333 e. The quantitative estimate of drug-likeness (QED) is 0.463. The summed E-state index contributed by atoms with van der Waals surface area (Å²) in [5, 5.41) is 3.83. The van der Waals surface area contributed by atoms with E-state index >= 15 is 0 Å². The lowest BCUT2D eigenvalue weighted by Crippen LogP contribution is -2.48. The van der Waals surface area contributed by atoms with Crippen molar-refractivity contribution in [1.82, 2.24) is 14.8 Å². The summed E-state index contributed by atoms with van der Waals surface area (Å²) in [4.78, 5) is 39.6. The van der Waals surface area contributed by atoms with Gasteiger partial charge in [0.2, 0.25) is 11.8 Å². The van der Waals surface area contributed by atoms with Crippen LogP contribution in [0.2, 0.25) is 0 Å². The molecule has 0 radical (unpaired) electrons. The molecule has 2 rings (SSSR count). The van der Waals surface area contributed by atoms with Crippen LogP contribution >= 0.6 is 0 Å². The summed E-state index contributed by atoms with van der Waals surface area (Å²) >= 11 is 0. The van der Waals surface area contributed by atoms with Crippen molar-refractivity contribution >= 4 is 28.7 Å². The lowest BCUT2D eigenvalue weighted by molar-refractivity contribution is -0.138. The fourth-order valence-corrected chi connectivity index (χ4v) is 3.95. The van der Waals surface area contributed by atoms with E-state index in [-0.39, 0.29) is 30.3 Å².